The number of hydrogen-bond donors (Lipinski definition) is 3. The summed E-state index contributed by atoms with van der Waals surface area (Å²) in [4.78, 5) is 45.8. The van der Waals surface area contributed by atoms with Crippen molar-refractivity contribution in [2.75, 3.05) is 19.8 Å². The van der Waals surface area contributed by atoms with Crippen LogP contribution in [0.25, 0.3) is 0 Å². The van der Waals surface area contributed by atoms with Crippen LogP contribution in [0.3, 0.4) is 0 Å². The van der Waals surface area contributed by atoms with E-state index in [1.165, 1.54) is 32.1 Å². The second-order valence-electron chi connectivity index (χ2n) is 13.4. The number of esters is 2. The number of carbonyl (C=O) groups excluding carboxylic acids is 2. The van der Waals surface area contributed by atoms with Crippen LogP contribution in [-0.2, 0) is 37.5 Å². The van der Waals surface area contributed by atoms with Crippen LogP contribution in [0.5, 0.6) is 0 Å². The molecule has 0 radical (unpaired) electrons. The van der Waals surface area contributed by atoms with Gasteiger partial charge in [-0.05, 0) is 70.6 Å². The van der Waals surface area contributed by atoms with Crippen molar-refractivity contribution in [3.8, 4) is 0 Å². The van der Waals surface area contributed by atoms with Crippen molar-refractivity contribution in [1.82, 2.24) is 0 Å². The van der Waals surface area contributed by atoms with Crippen LogP contribution in [0.4, 0.5) is 0 Å². The Hall–Kier alpha value is -2.56. The third-order valence-corrected chi connectivity index (χ3v) is 9.25. The van der Waals surface area contributed by atoms with Gasteiger partial charge >= 0.3 is 25.7 Å². The van der Waals surface area contributed by atoms with Gasteiger partial charge in [0.15, 0.2) is 6.10 Å². The Kier molecular flexibility index (Phi) is 34.7. The third-order valence-electron chi connectivity index (χ3n) is 8.30. The van der Waals surface area contributed by atoms with E-state index in [0.29, 0.717) is 12.8 Å². The highest BCUT2D eigenvalue weighted by molar-refractivity contribution is 7.47. The normalized spacial score (nSPS) is 14.3. The van der Waals surface area contributed by atoms with Gasteiger partial charge in [0.25, 0.3) is 0 Å². The van der Waals surface area contributed by atoms with E-state index in [9.17, 15) is 23.8 Å². The van der Waals surface area contributed by atoms with Gasteiger partial charge in [0.2, 0.25) is 0 Å². The molecule has 3 unspecified atom stereocenters. The molecule has 0 aliphatic heterocycles. The Bertz CT molecular complexity index is 1090. The zero-order valence-electron chi connectivity index (χ0n) is 32.8. The largest absolute Gasteiger partial charge is 0.480 e. The lowest BCUT2D eigenvalue weighted by atomic mass is 10.1. The summed E-state index contributed by atoms with van der Waals surface area (Å²) >= 11 is 0. The zero-order chi connectivity index (χ0) is 39.3. The molecule has 53 heavy (non-hydrogen) atoms. The molecule has 0 spiro atoms. The van der Waals surface area contributed by atoms with Crippen LogP contribution in [0.15, 0.2) is 48.6 Å². The van der Waals surface area contributed by atoms with Crippen molar-refractivity contribution >= 4 is 25.7 Å². The Labute approximate surface area is 320 Å². The van der Waals surface area contributed by atoms with Gasteiger partial charge in [-0.2, -0.15) is 0 Å². The number of phosphoric ester groups is 1. The lowest BCUT2D eigenvalue weighted by Gasteiger charge is -2.20. The molecular weight excluding hydrogens is 697 g/mol. The van der Waals surface area contributed by atoms with E-state index >= 15 is 0 Å². The molecule has 0 aliphatic rings. The number of carboxylic acid groups (broad SMARTS) is 1. The zero-order valence-corrected chi connectivity index (χ0v) is 33.7. The van der Waals surface area contributed by atoms with Gasteiger partial charge in [-0.1, -0.05) is 127 Å². The second-order valence-corrected chi connectivity index (χ2v) is 14.9. The monoisotopic (exact) mass is 769 g/mol. The maximum absolute atomic E-state index is 12.6. The van der Waals surface area contributed by atoms with E-state index in [2.05, 4.69) is 67.0 Å². The average molecular weight is 770 g/mol. The predicted octanol–water partition coefficient (Wildman–Crippen LogP) is 10.2. The molecule has 0 aliphatic carbocycles. The molecule has 0 rings (SSSR count). The Morgan fingerprint density at radius 2 is 1.02 bits per heavy atom. The lowest BCUT2D eigenvalue weighted by molar-refractivity contribution is -0.161. The summed E-state index contributed by atoms with van der Waals surface area (Å²) in [6.07, 6.45) is 38.9. The highest BCUT2D eigenvalue weighted by atomic mass is 31.2. The number of hydrogen-bond acceptors (Lipinski definition) is 9. The van der Waals surface area contributed by atoms with Gasteiger partial charge in [-0.15, -0.1) is 0 Å². The summed E-state index contributed by atoms with van der Waals surface area (Å²) in [5.74, 6) is -2.42. The van der Waals surface area contributed by atoms with Crippen LogP contribution >= 0.6 is 7.82 Å². The summed E-state index contributed by atoms with van der Waals surface area (Å²) in [6, 6.07) is -1.53. The van der Waals surface area contributed by atoms with Crippen molar-refractivity contribution in [2.45, 2.75) is 174 Å². The predicted molar refractivity (Wildman–Crippen MR) is 212 cm³/mol. The maximum Gasteiger partial charge on any atom is 0.472 e. The third kappa shape index (κ3) is 36.2. The van der Waals surface area contributed by atoms with E-state index in [1.807, 2.05) is 0 Å². The molecule has 306 valence electrons. The number of ether oxygens (including phenoxy) is 2. The first kappa shape index (κ1) is 50.4. The minimum absolute atomic E-state index is 0.140. The molecule has 0 saturated carbocycles. The molecular formula is C41H72NO10P. The number of phosphoric acid groups is 1. The van der Waals surface area contributed by atoms with Gasteiger partial charge in [0, 0.05) is 12.8 Å². The molecule has 11 nitrogen and oxygen atoms in total. The molecule has 0 saturated heterocycles. The van der Waals surface area contributed by atoms with Gasteiger partial charge in [0.1, 0.15) is 12.6 Å². The molecule has 0 aromatic heterocycles. The summed E-state index contributed by atoms with van der Waals surface area (Å²) in [5, 5.41) is 8.87. The maximum atomic E-state index is 12.6. The fourth-order valence-electron chi connectivity index (χ4n) is 5.05. The Morgan fingerprint density at radius 3 is 1.53 bits per heavy atom. The van der Waals surface area contributed by atoms with Crippen LogP contribution in [0.1, 0.15) is 162 Å². The standard InChI is InChI=1S/C41H72NO10P/c1-3-5-7-9-11-13-15-17-19-21-23-25-27-29-31-33-40(44)52-37(35-50-53(47,48)51-36-38(42)41(45)46)34-49-39(43)32-30-28-26-24-22-20-18-16-14-12-10-8-6-4-2/h10-13,16-19,37-38H,3-9,14-15,20-36,42H2,1-2H3,(H,45,46)(H,47,48)/b12-10-,13-11-,18-16-,19-17-. The van der Waals surface area contributed by atoms with Crippen LogP contribution in [0.2, 0.25) is 0 Å². The summed E-state index contributed by atoms with van der Waals surface area (Å²) in [7, 11) is -4.72. The van der Waals surface area contributed by atoms with Crippen molar-refractivity contribution in [3.63, 3.8) is 0 Å². The number of unbranched alkanes of at least 4 members (excludes halogenated alkanes) is 15. The first-order valence-electron chi connectivity index (χ1n) is 20.2. The number of allylic oxidation sites excluding steroid dienone is 8. The molecule has 0 aromatic carbocycles. The minimum Gasteiger partial charge on any atom is -0.480 e. The smallest absolute Gasteiger partial charge is 0.472 e. The fourth-order valence-corrected chi connectivity index (χ4v) is 5.83. The van der Waals surface area contributed by atoms with E-state index < -0.39 is 51.1 Å². The van der Waals surface area contributed by atoms with E-state index in [-0.39, 0.29) is 19.4 Å². The number of nitrogens with two attached hydrogens (primary N) is 1. The number of carboxylic acids is 1. The molecule has 3 atom stereocenters. The van der Waals surface area contributed by atoms with Crippen LogP contribution in [-0.4, -0.2) is 59.9 Å². The quantitative estimate of drug-likeness (QED) is 0.0238. The minimum atomic E-state index is -4.72. The van der Waals surface area contributed by atoms with Gasteiger partial charge < -0.3 is 25.2 Å². The molecule has 0 amide bonds. The molecule has 0 bridgehead atoms. The molecule has 0 fully saturated rings. The van der Waals surface area contributed by atoms with Gasteiger partial charge in [-0.25, -0.2) is 4.57 Å². The van der Waals surface area contributed by atoms with Crippen molar-refractivity contribution in [2.24, 2.45) is 5.73 Å². The number of carbonyl (C=O) groups is 3. The highest BCUT2D eigenvalue weighted by Crippen LogP contribution is 2.43. The molecule has 0 heterocycles. The first-order chi connectivity index (χ1) is 25.6. The Balaban J connectivity index is 4.47. The van der Waals surface area contributed by atoms with Crippen molar-refractivity contribution in [3.05, 3.63) is 48.6 Å². The molecule has 12 heteroatoms. The van der Waals surface area contributed by atoms with E-state index in [4.69, 9.17) is 24.8 Å². The average Bonchev–Trinajstić information content (AvgIpc) is 3.13. The first-order valence-corrected chi connectivity index (χ1v) is 21.7. The molecule has 4 N–H and O–H groups in total. The van der Waals surface area contributed by atoms with Gasteiger partial charge in [-0.3, -0.25) is 23.4 Å². The highest BCUT2D eigenvalue weighted by Gasteiger charge is 2.28. The number of rotatable bonds is 37. The van der Waals surface area contributed by atoms with Crippen LogP contribution in [0, 0.1) is 0 Å². The van der Waals surface area contributed by atoms with E-state index in [0.717, 1.165) is 89.9 Å². The number of aliphatic carboxylic acids is 1. The van der Waals surface area contributed by atoms with Gasteiger partial charge in [0.05, 0.1) is 13.2 Å². The van der Waals surface area contributed by atoms with Crippen LogP contribution < -0.4 is 5.73 Å². The second kappa shape index (κ2) is 36.4. The topological polar surface area (TPSA) is 172 Å². The summed E-state index contributed by atoms with van der Waals surface area (Å²) < 4.78 is 32.6. The summed E-state index contributed by atoms with van der Waals surface area (Å²) in [6.45, 7) is 2.69. The van der Waals surface area contributed by atoms with Crippen molar-refractivity contribution in [1.29, 1.82) is 0 Å². The SMILES string of the molecule is CCCC/C=C\C/C=C\CCCCCCCC(=O)OCC(COP(=O)(O)OCC(N)C(=O)O)OC(=O)CCCCCCC/C=C\C/C=C\CCCCC. The summed E-state index contributed by atoms with van der Waals surface area (Å²) in [5.41, 5.74) is 5.32. The van der Waals surface area contributed by atoms with E-state index in [1.54, 1.807) is 0 Å². The Morgan fingerprint density at radius 1 is 0.585 bits per heavy atom. The molecule has 0 aromatic rings. The van der Waals surface area contributed by atoms with Crippen molar-refractivity contribution < 1.29 is 47.5 Å². The fraction of sp³-hybridized carbons (Fsp3) is 0.732. The lowest BCUT2D eigenvalue weighted by Crippen LogP contribution is -2.34.